The van der Waals surface area contributed by atoms with Crippen LogP contribution in [-0.4, -0.2) is 18.6 Å². The van der Waals surface area contributed by atoms with Gasteiger partial charge in [-0.1, -0.05) is 0 Å². The van der Waals surface area contributed by atoms with Crippen molar-refractivity contribution in [2.45, 2.75) is 19.9 Å². The van der Waals surface area contributed by atoms with Crippen LogP contribution in [0, 0.1) is 0 Å². The highest BCUT2D eigenvalue weighted by Crippen LogP contribution is 2.30. The maximum atomic E-state index is 12.0. The Hall–Kier alpha value is -1.76. The zero-order valence-electron chi connectivity index (χ0n) is 10.5. The molecule has 2 rings (SSSR count). The monoisotopic (exact) mass is 328 g/mol. The van der Waals surface area contributed by atoms with Crippen molar-refractivity contribution >= 4 is 27.9 Å². The number of hydrogen-bond donors (Lipinski definition) is 2. The van der Waals surface area contributed by atoms with Crippen molar-refractivity contribution in [3.8, 4) is 0 Å². The van der Waals surface area contributed by atoms with Crippen molar-refractivity contribution in [2.75, 3.05) is 6.61 Å². The van der Waals surface area contributed by atoms with Crippen molar-refractivity contribution in [3.63, 3.8) is 0 Å². The molecule has 0 radical (unpaired) electrons. The number of rotatable bonds is 3. The van der Waals surface area contributed by atoms with Crippen LogP contribution < -0.4 is 10.6 Å². The lowest BCUT2D eigenvalue weighted by Crippen LogP contribution is -2.45. The number of esters is 1. The van der Waals surface area contributed by atoms with E-state index in [1.807, 2.05) is 0 Å². The molecule has 1 aromatic heterocycles. The molecule has 102 valence electrons. The molecule has 1 atom stereocenters. The lowest BCUT2D eigenvalue weighted by Gasteiger charge is -2.26. The lowest BCUT2D eigenvalue weighted by atomic mass is 10.0. The number of hydrogen-bond acceptors (Lipinski definition) is 4. The Labute approximate surface area is 118 Å². The molecule has 1 aliphatic heterocycles. The summed E-state index contributed by atoms with van der Waals surface area (Å²) in [5, 5.41) is 5.19. The summed E-state index contributed by atoms with van der Waals surface area (Å²) in [4.78, 5) is 23.5. The molecule has 2 N–H and O–H groups in total. The Kier molecular flexibility index (Phi) is 3.94. The number of allylic oxidation sites excluding steroid dienone is 1. The summed E-state index contributed by atoms with van der Waals surface area (Å²) in [6.45, 7) is 3.63. The van der Waals surface area contributed by atoms with Gasteiger partial charge in [-0.2, -0.15) is 0 Å². The summed E-state index contributed by atoms with van der Waals surface area (Å²) in [7, 11) is 0. The minimum atomic E-state index is -0.654. The molecule has 0 bridgehead atoms. The van der Waals surface area contributed by atoms with Gasteiger partial charge in [0, 0.05) is 5.70 Å². The second-order valence-corrected chi connectivity index (χ2v) is 4.71. The Bertz CT molecular complexity index is 550. The summed E-state index contributed by atoms with van der Waals surface area (Å²) in [6.07, 6.45) is 0. The highest BCUT2D eigenvalue weighted by molar-refractivity contribution is 9.10. The molecule has 0 spiro atoms. The fourth-order valence-electron chi connectivity index (χ4n) is 1.87. The van der Waals surface area contributed by atoms with Gasteiger partial charge in [0.25, 0.3) is 0 Å². The topological polar surface area (TPSA) is 80.6 Å². The Morgan fingerprint density at radius 3 is 2.84 bits per heavy atom. The molecule has 0 fully saturated rings. The van der Waals surface area contributed by atoms with E-state index in [-0.39, 0.29) is 12.6 Å². The van der Waals surface area contributed by atoms with Crippen LogP contribution in [-0.2, 0) is 9.53 Å². The molecule has 2 amide bonds. The first-order valence-electron chi connectivity index (χ1n) is 5.73. The molecule has 6 nitrogen and oxygen atoms in total. The van der Waals surface area contributed by atoms with E-state index in [1.165, 1.54) is 0 Å². The van der Waals surface area contributed by atoms with Crippen LogP contribution in [0.4, 0.5) is 4.79 Å². The highest BCUT2D eigenvalue weighted by Gasteiger charge is 2.33. The quantitative estimate of drug-likeness (QED) is 0.834. The van der Waals surface area contributed by atoms with E-state index in [1.54, 1.807) is 26.0 Å². The van der Waals surface area contributed by atoms with Crippen LogP contribution in [0.25, 0.3) is 0 Å². The van der Waals surface area contributed by atoms with E-state index < -0.39 is 12.0 Å². The molecule has 7 heteroatoms. The summed E-state index contributed by atoms with van der Waals surface area (Å²) in [5.74, 6) is -0.0193. The number of carbonyl (C=O) groups is 2. The smallest absolute Gasteiger partial charge is 0.338 e. The van der Waals surface area contributed by atoms with Crippen LogP contribution in [0.2, 0.25) is 0 Å². The first-order chi connectivity index (χ1) is 9.02. The summed E-state index contributed by atoms with van der Waals surface area (Å²) in [6, 6.07) is 2.34. The fourth-order valence-corrected chi connectivity index (χ4v) is 2.19. The predicted octanol–water partition coefficient (Wildman–Crippen LogP) is 2.23. The molecule has 19 heavy (non-hydrogen) atoms. The van der Waals surface area contributed by atoms with Crippen LogP contribution in [0.5, 0.6) is 0 Å². The number of amides is 2. The molecule has 0 aromatic carbocycles. The first-order valence-corrected chi connectivity index (χ1v) is 6.53. The zero-order valence-corrected chi connectivity index (χ0v) is 12.0. The van der Waals surface area contributed by atoms with E-state index in [4.69, 9.17) is 9.15 Å². The van der Waals surface area contributed by atoms with Gasteiger partial charge in [0.2, 0.25) is 0 Å². The summed E-state index contributed by atoms with van der Waals surface area (Å²) >= 11 is 3.19. The van der Waals surface area contributed by atoms with Gasteiger partial charge in [0.1, 0.15) is 11.8 Å². The molecule has 1 aromatic rings. The molecule has 0 unspecified atom stereocenters. The van der Waals surface area contributed by atoms with E-state index in [9.17, 15) is 9.59 Å². The second-order valence-electron chi connectivity index (χ2n) is 3.93. The minimum absolute atomic E-state index is 0.262. The highest BCUT2D eigenvalue weighted by atomic mass is 79.9. The number of furan rings is 1. The van der Waals surface area contributed by atoms with Crippen molar-refractivity contribution in [1.29, 1.82) is 0 Å². The van der Waals surface area contributed by atoms with Gasteiger partial charge in [-0.15, -0.1) is 0 Å². The molecular weight excluding hydrogens is 316 g/mol. The first kappa shape index (κ1) is 13.7. The van der Waals surface area contributed by atoms with Gasteiger partial charge in [0.05, 0.1) is 12.2 Å². The number of urea groups is 1. The Morgan fingerprint density at radius 1 is 1.53 bits per heavy atom. The summed E-state index contributed by atoms with van der Waals surface area (Å²) in [5.41, 5.74) is 0.794. The molecule has 0 saturated heterocycles. The minimum Gasteiger partial charge on any atom is -0.463 e. The van der Waals surface area contributed by atoms with Crippen LogP contribution >= 0.6 is 15.9 Å². The predicted molar refractivity (Wildman–Crippen MR) is 70.1 cm³/mol. The zero-order chi connectivity index (χ0) is 14.0. The van der Waals surface area contributed by atoms with Crippen LogP contribution in [0.1, 0.15) is 25.6 Å². The van der Waals surface area contributed by atoms with Crippen molar-refractivity contribution < 1.29 is 18.7 Å². The number of nitrogens with one attached hydrogen (secondary N) is 2. The van der Waals surface area contributed by atoms with Crippen LogP contribution in [0.15, 0.2) is 32.5 Å². The standard InChI is InChI=1S/C12H13BrN2O4/c1-3-18-11(16)9-6(2)14-12(17)15-10(9)7-4-5-8(13)19-7/h4-5,10H,3H2,1-2H3,(H2,14,15,17)/t10-/m1/s1. The van der Waals surface area contributed by atoms with Gasteiger partial charge in [0.15, 0.2) is 4.67 Å². The van der Waals surface area contributed by atoms with Gasteiger partial charge in [-0.05, 0) is 41.9 Å². The third-order valence-corrected chi connectivity index (χ3v) is 3.07. The third-order valence-electron chi connectivity index (χ3n) is 2.64. The largest absolute Gasteiger partial charge is 0.463 e. The molecular formula is C12H13BrN2O4. The van der Waals surface area contributed by atoms with Gasteiger partial charge >= 0.3 is 12.0 Å². The summed E-state index contributed by atoms with van der Waals surface area (Å²) < 4.78 is 10.9. The lowest BCUT2D eigenvalue weighted by molar-refractivity contribution is -0.139. The normalized spacial score (nSPS) is 18.9. The van der Waals surface area contributed by atoms with Gasteiger partial charge in [-0.3, -0.25) is 0 Å². The Morgan fingerprint density at radius 2 is 2.26 bits per heavy atom. The molecule has 1 aliphatic rings. The Balaban J connectivity index is 2.40. The van der Waals surface area contributed by atoms with Gasteiger partial charge in [-0.25, -0.2) is 9.59 Å². The molecule has 2 heterocycles. The number of ether oxygens (including phenoxy) is 1. The van der Waals surface area contributed by atoms with E-state index in [2.05, 4.69) is 26.6 Å². The number of carbonyl (C=O) groups excluding carboxylic acids is 2. The maximum Gasteiger partial charge on any atom is 0.338 e. The number of halogens is 1. The van der Waals surface area contributed by atoms with E-state index >= 15 is 0 Å². The SMILES string of the molecule is CCOC(=O)C1=C(C)NC(=O)N[C@@H]1c1ccc(Br)o1. The maximum absolute atomic E-state index is 12.0. The third kappa shape index (κ3) is 2.81. The van der Waals surface area contributed by atoms with Gasteiger partial charge < -0.3 is 19.8 Å². The average molecular weight is 329 g/mol. The van der Waals surface area contributed by atoms with Crippen molar-refractivity contribution in [2.24, 2.45) is 0 Å². The van der Waals surface area contributed by atoms with Crippen molar-refractivity contribution in [1.82, 2.24) is 10.6 Å². The van der Waals surface area contributed by atoms with E-state index in [0.29, 0.717) is 21.7 Å². The van der Waals surface area contributed by atoms with Crippen molar-refractivity contribution in [3.05, 3.63) is 33.8 Å². The second kappa shape index (κ2) is 5.48. The van der Waals surface area contributed by atoms with E-state index in [0.717, 1.165) is 0 Å². The van der Waals surface area contributed by atoms with Crippen LogP contribution in [0.3, 0.4) is 0 Å². The fraction of sp³-hybridized carbons (Fsp3) is 0.333. The molecule has 0 saturated carbocycles. The average Bonchev–Trinajstić information content (AvgIpc) is 2.75. The molecule has 0 aliphatic carbocycles.